The molecule has 88 valence electrons. The number of hydrogen-bond donors (Lipinski definition) is 3. The molecule has 0 saturated heterocycles. The summed E-state index contributed by atoms with van der Waals surface area (Å²) in [6, 6.07) is 0. The molecule has 0 aliphatic carbocycles. The van der Waals surface area contributed by atoms with E-state index in [1.54, 1.807) is 7.05 Å². The predicted molar refractivity (Wildman–Crippen MR) is 59.4 cm³/mol. The van der Waals surface area contributed by atoms with E-state index in [-0.39, 0.29) is 23.8 Å². The zero-order valence-electron chi connectivity index (χ0n) is 9.94. The molecule has 0 radical (unpaired) electrons. The van der Waals surface area contributed by atoms with Crippen LogP contribution in [-0.2, 0) is 9.59 Å². The molecule has 15 heavy (non-hydrogen) atoms. The van der Waals surface area contributed by atoms with Crippen molar-refractivity contribution in [2.75, 3.05) is 27.2 Å². The molecule has 0 heterocycles. The summed E-state index contributed by atoms with van der Waals surface area (Å²) in [7, 11) is 3.39. The molecule has 0 aromatic rings. The summed E-state index contributed by atoms with van der Waals surface area (Å²) in [5.74, 6) is -0.284. The van der Waals surface area contributed by atoms with Gasteiger partial charge in [0.25, 0.3) is 0 Å². The highest BCUT2D eigenvalue weighted by atomic mass is 16.2. The number of hydrogen-bond acceptors (Lipinski definition) is 3. The van der Waals surface area contributed by atoms with Gasteiger partial charge in [0.15, 0.2) is 0 Å². The summed E-state index contributed by atoms with van der Waals surface area (Å²) in [5, 5.41) is 8.04. The fourth-order valence-corrected chi connectivity index (χ4v) is 1.31. The van der Waals surface area contributed by atoms with Crippen LogP contribution in [0.3, 0.4) is 0 Å². The highest BCUT2D eigenvalue weighted by Gasteiger charge is 2.21. The number of rotatable bonds is 6. The Kier molecular flexibility index (Phi) is 5.93. The van der Waals surface area contributed by atoms with E-state index in [2.05, 4.69) is 16.0 Å². The van der Waals surface area contributed by atoms with Crippen molar-refractivity contribution in [3.63, 3.8) is 0 Å². The van der Waals surface area contributed by atoms with Crippen LogP contribution in [0.5, 0.6) is 0 Å². The van der Waals surface area contributed by atoms with Crippen LogP contribution in [0.4, 0.5) is 0 Å². The van der Waals surface area contributed by atoms with Gasteiger partial charge in [0.05, 0.1) is 6.54 Å². The molecule has 0 spiro atoms. The number of nitrogens with one attached hydrogen (secondary N) is 3. The summed E-state index contributed by atoms with van der Waals surface area (Å²) in [6.45, 7) is 4.82. The van der Waals surface area contributed by atoms with Gasteiger partial charge in [0, 0.05) is 20.0 Å². The molecule has 0 saturated carbocycles. The fraction of sp³-hybridized carbons (Fsp3) is 0.800. The minimum absolute atomic E-state index is 0.0466. The highest BCUT2D eigenvalue weighted by molar-refractivity contribution is 5.84. The Bertz CT molecular complexity index is 227. The Hall–Kier alpha value is -1.10. The van der Waals surface area contributed by atoms with Crippen molar-refractivity contribution in [3.8, 4) is 0 Å². The van der Waals surface area contributed by atoms with Gasteiger partial charge < -0.3 is 16.0 Å². The normalized spacial score (nSPS) is 10.9. The number of carbonyl (C=O) groups excluding carboxylic acids is 2. The summed E-state index contributed by atoms with van der Waals surface area (Å²) in [4.78, 5) is 22.3. The second-order valence-electron chi connectivity index (χ2n) is 4.32. The molecular weight excluding hydrogens is 194 g/mol. The topological polar surface area (TPSA) is 70.2 Å². The summed E-state index contributed by atoms with van der Waals surface area (Å²) in [5.41, 5.74) is -0.0957. The molecule has 0 atom stereocenters. The van der Waals surface area contributed by atoms with Crippen LogP contribution in [0.1, 0.15) is 20.3 Å². The second kappa shape index (κ2) is 6.40. The lowest BCUT2D eigenvalue weighted by Gasteiger charge is -2.23. The van der Waals surface area contributed by atoms with Crippen molar-refractivity contribution in [1.29, 1.82) is 0 Å². The maximum Gasteiger partial charge on any atom is 0.239 e. The quantitative estimate of drug-likeness (QED) is 0.558. The van der Waals surface area contributed by atoms with Crippen molar-refractivity contribution in [2.24, 2.45) is 5.41 Å². The van der Waals surface area contributed by atoms with Crippen molar-refractivity contribution >= 4 is 11.8 Å². The van der Waals surface area contributed by atoms with Crippen LogP contribution < -0.4 is 16.0 Å². The Labute approximate surface area is 91.0 Å². The van der Waals surface area contributed by atoms with E-state index < -0.39 is 0 Å². The smallest absolute Gasteiger partial charge is 0.239 e. The first-order chi connectivity index (χ1) is 6.91. The molecule has 5 nitrogen and oxygen atoms in total. The zero-order valence-corrected chi connectivity index (χ0v) is 9.94. The predicted octanol–water partition coefficient (Wildman–Crippen LogP) is -0.516. The molecule has 0 aliphatic heterocycles. The standard InChI is InChI=1S/C10H21N3O2/c1-10(2,7-11-3)5-8(14)13-6-9(15)12-4/h11H,5-7H2,1-4H3,(H,12,15)(H,13,14). The van der Waals surface area contributed by atoms with Crippen molar-refractivity contribution in [2.45, 2.75) is 20.3 Å². The number of carbonyl (C=O) groups is 2. The largest absolute Gasteiger partial charge is 0.358 e. The molecule has 3 N–H and O–H groups in total. The van der Waals surface area contributed by atoms with E-state index >= 15 is 0 Å². The van der Waals surface area contributed by atoms with Crippen LogP contribution in [0.25, 0.3) is 0 Å². The summed E-state index contributed by atoms with van der Waals surface area (Å²) in [6.07, 6.45) is 0.408. The van der Waals surface area contributed by atoms with Crippen LogP contribution >= 0.6 is 0 Å². The van der Waals surface area contributed by atoms with Crippen molar-refractivity contribution in [1.82, 2.24) is 16.0 Å². The van der Waals surface area contributed by atoms with Crippen molar-refractivity contribution < 1.29 is 9.59 Å². The Morgan fingerprint density at radius 2 is 1.73 bits per heavy atom. The fourth-order valence-electron chi connectivity index (χ4n) is 1.31. The van der Waals surface area contributed by atoms with Gasteiger partial charge in [-0.3, -0.25) is 9.59 Å². The molecular formula is C10H21N3O2. The Morgan fingerprint density at radius 3 is 2.20 bits per heavy atom. The van der Waals surface area contributed by atoms with Gasteiger partial charge in [-0.2, -0.15) is 0 Å². The van der Waals surface area contributed by atoms with E-state index in [4.69, 9.17) is 0 Å². The molecule has 0 fully saturated rings. The van der Waals surface area contributed by atoms with Gasteiger partial charge in [-0.05, 0) is 12.5 Å². The van der Waals surface area contributed by atoms with E-state index in [1.807, 2.05) is 20.9 Å². The number of likely N-dealkylation sites (N-methyl/N-ethyl adjacent to an activating group) is 1. The van der Waals surface area contributed by atoms with Gasteiger partial charge in [-0.1, -0.05) is 13.8 Å². The molecule has 0 aromatic carbocycles. The van der Waals surface area contributed by atoms with E-state index in [0.717, 1.165) is 6.54 Å². The molecule has 5 heteroatoms. The average molecular weight is 215 g/mol. The third-order valence-corrected chi connectivity index (χ3v) is 2.02. The molecule has 2 amide bonds. The first kappa shape index (κ1) is 13.9. The summed E-state index contributed by atoms with van der Waals surface area (Å²) >= 11 is 0. The lowest BCUT2D eigenvalue weighted by atomic mass is 9.89. The first-order valence-corrected chi connectivity index (χ1v) is 5.03. The van der Waals surface area contributed by atoms with Crippen LogP contribution in [0, 0.1) is 5.41 Å². The minimum atomic E-state index is -0.185. The lowest BCUT2D eigenvalue weighted by molar-refractivity contribution is -0.127. The molecule has 0 bridgehead atoms. The molecule has 0 rings (SSSR count). The van der Waals surface area contributed by atoms with E-state index in [1.165, 1.54) is 0 Å². The second-order valence-corrected chi connectivity index (χ2v) is 4.32. The SMILES string of the molecule is CNCC(C)(C)CC(=O)NCC(=O)NC. The maximum absolute atomic E-state index is 11.4. The molecule has 0 aromatic heterocycles. The van der Waals surface area contributed by atoms with Gasteiger partial charge in [0.2, 0.25) is 11.8 Å². The lowest BCUT2D eigenvalue weighted by Crippen LogP contribution is -2.38. The highest BCUT2D eigenvalue weighted by Crippen LogP contribution is 2.18. The Balaban J connectivity index is 3.87. The maximum atomic E-state index is 11.4. The van der Waals surface area contributed by atoms with Crippen LogP contribution in [0.2, 0.25) is 0 Å². The van der Waals surface area contributed by atoms with Crippen LogP contribution in [0.15, 0.2) is 0 Å². The van der Waals surface area contributed by atoms with Crippen LogP contribution in [-0.4, -0.2) is 39.0 Å². The minimum Gasteiger partial charge on any atom is -0.358 e. The third-order valence-electron chi connectivity index (χ3n) is 2.02. The van der Waals surface area contributed by atoms with E-state index in [9.17, 15) is 9.59 Å². The number of amides is 2. The average Bonchev–Trinajstić information content (AvgIpc) is 2.13. The summed E-state index contributed by atoms with van der Waals surface area (Å²) < 4.78 is 0. The first-order valence-electron chi connectivity index (χ1n) is 5.03. The van der Waals surface area contributed by atoms with Gasteiger partial charge in [-0.15, -0.1) is 0 Å². The monoisotopic (exact) mass is 215 g/mol. The molecule has 0 aliphatic rings. The Morgan fingerprint density at radius 1 is 1.13 bits per heavy atom. The molecule has 0 unspecified atom stereocenters. The van der Waals surface area contributed by atoms with Gasteiger partial charge in [0.1, 0.15) is 0 Å². The third kappa shape index (κ3) is 6.90. The van der Waals surface area contributed by atoms with Gasteiger partial charge in [-0.25, -0.2) is 0 Å². The van der Waals surface area contributed by atoms with Crippen molar-refractivity contribution in [3.05, 3.63) is 0 Å². The van der Waals surface area contributed by atoms with E-state index in [0.29, 0.717) is 6.42 Å². The zero-order chi connectivity index (χ0) is 11.9. The van der Waals surface area contributed by atoms with Gasteiger partial charge >= 0.3 is 0 Å².